The van der Waals surface area contributed by atoms with Gasteiger partial charge >= 0.3 is 5.97 Å². The molecule has 0 aromatic heterocycles. The minimum absolute atomic E-state index is 0.0215. The van der Waals surface area contributed by atoms with Gasteiger partial charge in [-0.2, -0.15) is 0 Å². The monoisotopic (exact) mass is 317 g/mol. The Morgan fingerprint density at radius 2 is 1.90 bits per heavy atom. The summed E-state index contributed by atoms with van der Waals surface area (Å²) in [5.41, 5.74) is -0.668. The van der Waals surface area contributed by atoms with Crippen LogP contribution in [0.15, 0.2) is 17.0 Å². The third-order valence-corrected chi connectivity index (χ3v) is 4.52. The number of hydrogen-bond donors (Lipinski definition) is 2. The van der Waals surface area contributed by atoms with Crippen molar-refractivity contribution in [1.29, 1.82) is 0 Å². The second-order valence-electron chi connectivity index (χ2n) is 5.56. The van der Waals surface area contributed by atoms with Crippen molar-refractivity contribution in [2.24, 2.45) is 5.92 Å². The van der Waals surface area contributed by atoms with Crippen LogP contribution in [0.2, 0.25) is 0 Å². The van der Waals surface area contributed by atoms with Gasteiger partial charge in [-0.05, 0) is 43.9 Å². The third-order valence-electron chi connectivity index (χ3n) is 2.95. The van der Waals surface area contributed by atoms with E-state index in [1.165, 1.54) is 6.92 Å². The number of aromatic carboxylic acids is 1. The van der Waals surface area contributed by atoms with Crippen LogP contribution in [0.5, 0.6) is 0 Å². The summed E-state index contributed by atoms with van der Waals surface area (Å²) in [5.74, 6) is -2.10. The SMILES string of the molecule is Cc1cc(S(=O)(=O)NC(C)CC(C)C)cc(C(=O)O)c1F. The van der Waals surface area contributed by atoms with Crippen LogP contribution in [0.1, 0.15) is 43.1 Å². The summed E-state index contributed by atoms with van der Waals surface area (Å²) in [5, 5.41) is 8.93. The largest absolute Gasteiger partial charge is 0.478 e. The highest BCUT2D eigenvalue weighted by Crippen LogP contribution is 2.20. The summed E-state index contributed by atoms with van der Waals surface area (Å²) in [6.45, 7) is 7.00. The van der Waals surface area contributed by atoms with Crippen LogP contribution < -0.4 is 4.72 Å². The molecule has 0 bridgehead atoms. The molecular weight excluding hydrogens is 297 g/mol. The van der Waals surface area contributed by atoms with E-state index in [9.17, 15) is 17.6 Å². The fourth-order valence-corrected chi connectivity index (χ4v) is 3.50. The molecule has 1 aromatic rings. The molecule has 0 saturated heterocycles. The summed E-state index contributed by atoms with van der Waals surface area (Å²) in [6, 6.07) is 1.68. The average molecular weight is 317 g/mol. The van der Waals surface area contributed by atoms with Crippen molar-refractivity contribution >= 4 is 16.0 Å². The molecule has 2 N–H and O–H groups in total. The van der Waals surface area contributed by atoms with E-state index in [-0.39, 0.29) is 16.5 Å². The number of carbonyl (C=O) groups is 1. The first-order chi connectivity index (χ1) is 9.54. The van der Waals surface area contributed by atoms with E-state index in [2.05, 4.69) is 4.72 Å². The Hall–Kier alpha value is -1.47. The molecule has 0 fully saturated rings. The zero-order valence-corrected chi connectivity index (χ0v) is 13.3. The summed E-state index contributed by atoms with van der Waals surface area (Å²) in [7, 11) is -3.88. The van der Waals surface area contributed by atoms with E-state index in [1.54, 1.807) is 6.92 Å². The number of carboxylic acids is 1. The smallest absolute Gasteiger partial charge is 0.338 e. The number of sulfonamides is 1. The van der Waals surface area contributed by atoms with Crippen molar-refractivity contribution < 1.29 is 22.7 Å². The molecular formula is C14H20FNO4S. The highest BCUT2D eigenvalue weighted by atomic mass is 32.2. The van der Waals surface area contributed by atoms with Gasteiger partial charge in [-0.15, -0.1) is 0 Å². The highest BCUT2D eigenvalue weighted by molar-refractivity contribution is 7.89. The number of rotatable bonds is 6. The van der Waals surface area contributed by atoms with Gasteiger partial charge < -0.3 is 5.11 Å². The van der Waals surface area contributed by atoms with Gasteiger partial charge in [0, 0.05) is 6.04 Å². The molecule has 21 heavy (non-hydrogen) atoms. The van der Waals surface area contributed by atoms with E-state index in [1.807, 2.05) is 13.8 Å². The lowest BCUT2D eigenvalue weighted by Crippen LogP contribution is -2.33. The molecule has 0 aliphatic heterocycles. The maximum absolute atomic E-state index is 13.7. The van der Waals surface area contributed by atoms with Gasteiger partial charge in [0.1, 0.15) is 5.82 Å². The van der Waals surface area contributed by atoms with Crippen molar-refractivity contribution in [3.63, 3.8) is 0 Å². The Kier molecular flexibility index (Phi) is 5.47. The molecule has 118 valence electrons. The molecule has 5 nitrogen and oxygen atoms in total. The van der Waals surface area contributed by atoms with Gasteiger partial charge in [0.2, 0.25) is 10.0 Å². The Morgan fingerprint density at radius 1 is 1.33 bits per heavy atom. The molecule has 0 aliphatic carbocycles. The molecule has 0 spiro atoms. The maximum Gasteiger partial charge on any atom is 0.338 e. The molecule has 0 amide bonds. The van der Waals surface area contributed by atoms with E-state index in [0.717, 1.165) is 12.1 Å². The van der Waals surface area contributed by atoms with Crippen molar-refractivity contribution in [3.05, 3.63) is 29.1 Å². The predicted molar refractivity (Wildman–Crippen MR) is 77.3 cm³/mol. The number of benzene rings is 1. The van der Waals surface area contributed by atoms with Crippen LogP contribution >= 0.6 is 0 Å². The van der Waals surface area contributed by atoms with Crippen LogP contribution in [0.25, 0.3) is 0 Å². The van der Waals surface area contributed by atoms with Gasteiger partial charge in [0.25, 0.3) is 0 Å². The Bertz CT molecular complexity index is 641. The number of halogens is 1. The normalized spacial score (nSPS) is 13.4. The first-order valence-electron chi connectivity index (χ1n) is 6.60. The first-order valence-corrected chi connectivity index (χ1v) is 8.08. The topological polar surface area (TPSA) is 83.5 Å². The quantitative estimate of drug-likeness (QED) is 0.844. The highest BCUT2D eigenvalue weighted by Gasteiger charge is 2.23. The average Bonchev–Trinajstić information content (AvgIpc) is 2.29. The van der Waals surface area contributed by atoms with Crippen LogP contribution in [0, 0.1) is 18.7 Å². The molecule has 0 heterocycles. The van der Waals surface area contributed by atoms with Crippen LogP contribution in [0.4, 0.5) is 4.39 Å². The minimum Gasteiger partial charge on any atom is -0.478 e. The molecule has 1 aromatic carbocycles. The second-order valence-corrected chi connectivity index (χ2v) is 7.27. The van der Waals surface area contributed by atoms with E-state index in [0.29, 0.717) is 12.3 Å². The molecule has 1 atom stereocenters. The van der Waals surface area contributed by atoms with Crippen molar-refractivity contribution in [3.8, 4) is 0 Å². The fraction of sp³-hybridized carbons (Fsp3) is 0.500. The van der Waals surface area contributed by atoms with Crippen molar-refractivity contribution in [2.75, 3.05) is 0 Å². The summed E-state index contributed by atoms with van der Waals surface area (Å²) in [6.07, 6.45) is 0.644. The number of hydrogen-bond acceptors (Lipinski definition) is 3. The first kappa shape index (κ1) is 17.6. The molecule has 1 rings (SSSR count). The van der Waals surface area contributed by atoms with Gasteiger partial charge in [-0.1, -0.05) is 13.8 Å². The summed E-state index contributed by atoms with van der Waals surface area (Å²) >= 11 is 0. The zero-order chi connectivity index (χ0) is 16.4. The lowest BCUT2D eigenvalue weighted by Gasteiger charge is -2.16. The maximum atomic E-state index is 13.7. The number of nitrogens with one attached hydrogen (secondary N) is 1. The van der Waals surface area contributed by atoms with Gasteiger partial charge in [-0.3, -0.25) is 0 Å². The van der Waals surface area contributed by atoms with Gasteiger partial charge in [0.15, 0.2) is 0 Å². The summed E-state index contributed by atoms with van der Waals surface area (Å²) in [4.78, 5) is 10.7. The van der Waals surface area contributed by atoms with Crippen LogP contribution in [-0.4, -0.2) is 25.5 Å². The Labute approximate surface area is 124 Å². The number of carboxylic acid groups (broad SMARTS) is 1. The minimum atomic E-state index is -3.88. The predicted octanol–water partition coefficient (Wildman–Crippen LogP) is 2.55. The lowest BCUT2D eigenvalue weighted by molar-refractivity contribution is 0.0691. The fourth-order valence-electron chi connectivity index (χ4n) is 2.14. The number of aryl methyl sites for hydroxylation is 1. The molecule has 0 saturated carbocycles. The molecule has 1 unspecified atom stereocenters. The van der Waals surface area contributed by atoms with Gasteiger partial charge in [-0.25, -0.2) is 22.3 Å². The molecule has 7 heteroatoms. The standard InChI is InChI=1S/C14H20FNO4S/c1-8(2)5-10(4)16-21(19,20)11-6-9(3)13(15)12(7-11)14(17)18/h6-8,10,16H,5H2,1-4H3,(H,17,18). The molecule has 0 aliphatic rings. The lowest BCUT2D eigenvalue weighted by atomic mass is 10.1. The van der Waals surface area contributed by atoms with Gasteiger partial charge in [0.05, 0.1) is 10.5 Å². The van der Waals surface area contributed by atoms with E-state index < -0.39 is 27.4 Å². The third kappa shape index (κ3) is 4.50. The van der Waals surface area contributed by atoms with Crippen LogP contribution in [-0.2, 0) is 10.0 Å². The Balaban J connectivity index is 3.17. The van der Waals surface area contributed by atoms with Crippen molar-refractivity contribution in [1.82, 2.24) is 4.72 Å². The second kappa shape index (κ2) is 6.53. The van der Waals surface area contributed by atoms with Crippen molar-refractivity contribution in [2.45, 2.75) is 45.1 Å². The summed E-state index contributed by atoms with van der Waals surface area (Å²) < 4.78 is 40.6. The van der Waals surface area contributed by atoms with Crippen LogP contribution in [0.3, 0.4) is 0 Å². The van der Waals surface area contributed by atoms with E-state index in [4.69, 9.17) is 5.11 Å². The molecule has 0 radical (unpaired) electrons. The van der Waals surface area contributed by atoms with E-state index >= 15 is 0 Å². The Morgan fingerprint density at radius 3 is 2.38 bits per heavy atom. The zero-order valence-electron chi connectivity index (χ0n) is 12.5.